The molecule has 0 spiro atoms. The molecule has 0 saturated heterocycles. The number of esters is 1. The molecule has 0 bridgehead atoms. The number of pyridine rings is 1. The van der Waals surface area contributed by atoms with Crippen LogP contribution in [-0.2, 0) is 4.74 Å². The van der Waals surface area contributed by atoms with Gasteiger partial charge < -0.3 is 4.74 Å². The molecule has 0 aliphatic rings. The first-order chi connectivity index (χ1) is 8.24. The van der Waals surface area contributed by atoms with Crippen molar-refractivity contribution >= 4 is 21.9 Å². The van der Waals surface area contributed by atoms with Crippen molar-refractivity contribution in [2.75, 3.05) is 6.61 Å². The summed E-state index contributed by atoms with van der Waals surface area (Å²) in [7, 11) is 0. The van der Waals surface area contributed by atoms with E-state index in [0.717, 1.165) is 0 Å². The van der Waals surface area contributed by atoms with E-state index in [1.165, 1.54) is 0 Å². The Morgan fingerprint density at radius 3 is 3.00 bits per heavy atom. The molecule has 0 radical (unpaired) electrons. The van der Waals surface area contributed by atoms with Gasteiger partial charge in [0.1, 0.15) is 5.69 Å². The summed E-state index contributed by atoms with van der Waals surface area (Å²) in [5.41, 5.74) is 1.58. The Hall–Kier alpha value is -1.69. The Bertz CT molecular complexity index is 525. The number of aromatic amines is 1. The number of carbonyl (C=O) groups excluding carboxylic acids is 1. The Morgan fingerprint density at radius 2 is 2.35 bits per heavy atom. The van der Waals surface area contributed by atoms with Crippen LogP contribution in [0.1, 0.15) is 17.4 Å². The van der Waals surface area contributed by atoms with Gasteiger partial charge in [-0.2, -0.15) is 5.10 Å². The van der Waals surface area contributed by atoms with Gasteiger partial charge in [-0.15, -0.1) is 0 Å². The fourth-order valence-electron chi connectivity index (χ4n) is 1.34. The molecule has 0 aromatic carbocycles. The second-order valence-electron chi connectivity index (χ2n) is 3.20. The molecule has 88 valence electrons. The van der Waals surface area contributed by atoms with E-state index in [9.17, 15) is 4.79 Å². The molecule has 17 heavy (non-hydrogen) atoms. The zero-order valence-corrected chi connectivity index (χ0v) is 10.7. The van der Waals surface area contributed by atoms with Crippen molar-refractivity contribution in [2.24, 2.45) is 0 Å². The summed E-state index contributed by atoms with van der Waals surface area (Å²) in [5, 5.41) is 6.70. The third-order valence-corrected chi connectivity index (χ3v) is 2.87. The smallest absolute Gasteiger partial charge is 0.357 e. The van der Waals surface area contributed by atoms with Crippen LogP contribution in [0.2, 0.25) is 0 Å². The summed E-state index contributed by atoms with van der Waals surface area (Å²) in [6.07, 6.45) is 1.67. The first-order valence-electron chi connectivity index (χ1n) is 5.06. The Labute approximate surface area is 106 Å². The lowest BCUT2D eigenvalue weighted by Crippen LogP contribution is -2.05. The lowest BCUT2D eigenvalue weighted by molar-refractivity contribution is 0.0518. The monoisotopic (exact) mass is 295 g/mol. The maximum Gasteiger partial charge on any atom is 0.357 e. The van der Waals surface area contributed by atoms with E-state index in [1.807, 2.05) is 18.2 Å². The second-order valence-corrected chi connectivity index (χ2v) is 3.99. The Morgan fingerprint density at radius 1 is 1.53 bits per heavy atom. The summed E-state index contributed by atoms with van der Waals surface area (Å²) < 4.78 is 5.46. The molecule has 0 aliphatic carbocycles. The van der Waals surface area contributed by atoms with Crippen molar-refractivity contribution in [1.82, 2.24) is 15.2 Å². The molecule has 2 aromatic rings. The van der Waals surface area contributed by atoms with Crippen molar-refractivity contribution in [3.8, 4) is 11.4 Å². The number of aromatic nitrogens is 3. The van der Waals surface area contributed by atoms with Crippen LogP contribution in [0.25, 0.3) is 11.4 Å². The molecular weight excluding hydrogens is 286 g/mol. The quantitative estimate of drug-likeness (QED) is 0.883. The predicted octanol–water partition coefficient (Wildman–Crippen LogP) is 2.41. The molecule has 0 amide bonds. The first-order valence-corrected chi connectivity index (χ1v) is 5.85. The summed E-state index contributed by atoms with van der Waals surface area (Å²) in [6.45, 7) is 2.07. The van der Waals surface area contributed by atoms with Crippen LogP contribution in [0.3, 0.4) is 0 Å². The number of carbonyl (C=O) groups is 1. The minimum atomic E-state index is -0.436. The lowest BCUT2D eigenvalue weighted by Gasteiger charge is -1.99. The number of nitrogens with one attached hydrogen (secondary N) is 1. The van der Waals surface area contributed by atoms with E-state index in [1.54, 1.807) is 13.1 Å². The van der Waals surface area contributed by atoms with Crippen molar-refractivity contribution in [1.29, 1.82) is 0 Å². The first kappa shape index (κ1) is 11.8. The lowest BCUT2D eigenvalue weighted by atomic mass is 10.2. The van der Waals surface area contributed by atoms with Gasteiger partial charge in [-0.25, -0.2) is 4.79 Å². The highest BCUT2D eigenvalue weighted by Crippen LogP contribution is 2.27. The van der Waals surface area contributed by atoms with Gasteiger partial charge in [0.2, 0.25) is 0 Å². The van der Waals surface area contributed by atoms with Gasteiger partial charge in [0.25, 0.3) is 0 Å². The third kappa shape index (κ3) is 2.36. The summed E-state index contributed by atoms with van der Waals surface area (Å²) >= 11 is 3.32. The topological polar surface area (TPSA) is 67.9 Å². The molecule has 6 heteroatoms. The number of nitrogens with zero attached hydrogens (tertiary/aromatic N) is 2. The number of hydrogen-bond donors (Lipinski definition) is 1. The van der Waals surface area contributed by atoms with Crippen molar-refractivity contribution in [2.45, 2.75) is 6.92 Å². The van der Waals surface area contributed by atoms with E-state index in [4.69, 9.17) is 4.74 Å². The van der Waals surface area contributed by atoms with Crippen LogP contribution in [0, 0.1) is 0 Å². The molecule has 0 saturated carbocycles. The van der Waals surface area contributed by atoms with Crippen molar-refractivity contribution in [3.05, 3.63) is 34.6 Å². The molecule has 0 fully saturated rings. The number of hydrogen-bond acceptors (Lipinski definition) is 4. The van der Waals surface area contributed by atoms with E-state index in [2.05, 4.69) is 31.1 Å². The van der Waals surface area contributed by atoms with Gasteiger partial charge in [0.15, 0.2) is 5.69 Å². The van der Waals surface area contributed by atoms with Gasteiger partial charge in [-0.3, -0.25) is 10.1 Å². The van der Waals surface area contributed by atoms with Crippen LogP contribution in [0.5, 0.6) is 0 Å². The van der Waals surface area contributed by atoms with E-state index in [0.29, 0.717) is 28.2 Å². The molecule has 0 unspecified atom stereocenters. The number of H-pyrrole nitrogens is 1. The van der Waals surface area contributed by atoms with Crippen LogP contribution in [0.4, 0.5) is 0 Å². The minimum absolute atomic E-state index is 0.299. The molecule has 2 heterocycles. The largest absolute Gasteiger partial charge is 0.461 e. The summed E-state index contributed by atoms with van der Waals surface area (Å²) in [4.78, 5) is 15.7. The normalized spacial score (nSPS) is 10.2. The fourth-order valence-corrected chi connectivity index (χ4v) is 1.88. The van der Waals surface area contributed by atoms with Crippen LogP contribution in [0.15, 0.2) is 28.9 Å². The van der Waals surface area contributed by atoms with Crippen LogP contribution >= 0.6 is 15.9 Å². The molecule has 1 N–H and O–H groups in total. The second kappa shape index (κ2) is 5.09. The van der Waals surface area contributed by atoms with Crippen LogP contribution in [-0.4, -0.2) is 27.8 Å². The highest BCUT2D eigenvalue weighted by atomic mass is 79.9. The van der Waals surface area contributed by atoms with Crippen LogP contribution < -0.4 is 0 Å². The maximum absolute atomic E-state index is 11.6. The average Bonchev–Trinajstić information content (AvgIpc) is 2.72. The van der Waals surface area contributed by atoms with Crippen molar-refractivity contribution in [3.63, 3.8) is 0 Å². The highest BCUT2D eigenvalue weighted by Gasteiger charge is 2.19. The van der Waals surface area contributed by atoms with Crippen molar-refractivity contribution < 1.29 is 9.53 Å². The SMILES string of the molecule is CCOC(=O)c1[nH]nc(-c2ccccn2)c1Br. The average molecular weight is 296 g/mol. The van der Waals surface area contributed by atoms with Gasteiger partial charge >= 0.3 is 5.97 Å². The molecule has 5 nitrogen and oxygen atoms in total. The molecule has 0 atom stereocenters. The van der Waals surface area contributed by atoms with E-state index >= 15 is 0 Å². The Kier molecular flexibility index (Phi) is 3.53. The zero-order valence-electron chi connectivity index (χ0n) is 9.11. The molecular formula is C11H10BrN3O2. The zero-order chi connectivity index (χ0) is 12.3. The molecule has 2 rings (SSSR count). The summed E-state index contributed by atoms with van der Waals surface area (Å²) in [5.74, 6) is -0.436. The van der Waals surface area contributed by atoms with Gasteiger partial charge in [-0.05, 0) is 35.0 Å². The van der Waals surface area contributed by atoms with Gasteiger partial charge in [0.05, 0.1) is 16.8 Å². The molecule has 0 aliphatic heterocycles. The number of ether oxygens (including phenoxy) is 1. The van der Waals surface area contributed by atoms with E-state index in [-0.39, 0.29) is 0 Å². The fraction of sp³-hybridized carbons (Fsp3) is 0.182. The summed E-state index contributed by atoms with van der Waals surface area (Å²) in [6, 6.07) is 5.49. The highest BCUT2D eigenvalue weighted by molar-refractivity contribution is 9.10. The predicted molar refractivity (Wildman–Crippen MR) is 65.5 cm³/mol. The van der Waals surface area contributed by atoms with Gasteiger partial charge in [0, 0.05) is 6.20 Å². The van der Waals surface area contributed by atoms with E-state index < -0.39 is 5.97 Å². The standard InChI is InChI=1S/C11H10BrN3O2/c1-2-17-11(16)10-8(12)9(14-15-10)7-5-3-4-6-13-7/h3-6H,2H2,1H3,(H,14,15). The van der Waals surface area contributed by atoms with Gasteiger partial charge in [-0.1, -0.05) is 6.07 Å². The minimum Gasteiger partial charge on any atom is -0.461 e. The molecule has 2 aromatic heterocycles. The number of rotatable bonds is 3. The Balaban J connectivity index is 2.37. The third-order valence-electron chi connectivity index (χ3n) is 2.09. The maximum atomic E-state index is 11.6. The number of halogens is 1.